The van der Waals surface area contributed by atoms with Gasteiger partial charge in [0.15, 0.2) is 0 Å². The van der Waals surface area contributed by atoms with E-state index in [4.69, 9.17) is 11.2 Å². The maximum Gasteiger partial charge on any atom is 0.0696 e. The lowest BCUT2D eigenvalue weighted by Gasteiger charge is -2.21. The highest BCUT2D eigenvalue weighted by molar-refractivity contribution is 4.86. The molecule has 2 unspecified atom stereocenters. The van der Waals surface area contributed by atoms with Gasteiger partial charge in [-0.05, 0) is 20.4 Å². The maximum absolute atomic E-state index is 5.17. The third kappa shape index (κ3) is 4.02. The Labute approximate surface area is 69.3 Å². The summed E-state index contributed by atoms with van der Waals surface area (Å²) in [4.78, 5) is 0. The van der Waals surface area contributed by atoms with Crippen LogP contribution in [0.5, 0.6) is 0 Å². The highest BCUT2D eigenvalue weighted by Gasteiger charge is 2.12. The van der Waals surface area contributed by atoms with E-state index in [0.29, 0.717) is 6.04 Å². The van der Waals surface area contributed by atoms with E-state index in [0.717, 1.165) is 12.8 Å². The summed E-state index contributed by atoms with van der Waals surface area (Å²) in [6.07, 6.45) is 7.16. The molecule has 0 aromatic carbocycles. The van der Waals surface area contributed by atoms with Crippen molar-refractivity contribution in [1.29, 1.82) is 0 Å². The number of methoxy groups -OCH3 is 1. The summed E-state index contributed by atoms with van der Waals surface area (Å²) in [6, 6.07) is 0.371. The minimum atomic E-state index is 0.230. The zero-order chi connectivity index (χ0) is 8.69. The van der Waals surface area contributed by atoms with Crippen LogP contribution in [0.2, 0.25) is 0 Å². The number of ether oxygens (including phenoxy) is 1. The van der Waals surface area contributed by atoms with Crippen LogP contribution in [-0.4, -0.2) is 26.3 Å². The van der Waals surface area contributed by atoms with Gasteiger partial charge < -0.3 is 10.1 Å². The summed E-state index contributed by atoms with van der Waals surface area (Å²) in [7, 11) is 3.64. The summed E-state index contributed by atoms with van der Waals surface area (Å²) >= 11 is 0. The number of hydrogen-bond acceptors (Lipinski definition) is 2. The monoisotopic (exact) mass is 155 g/mol. The fourth-order valence-corrected chi connectivity index (χ4v) is 1.02. The van der Waals surface area contributed by atoms with E-state index < -0.39 is 0 Å². The Morgan fingerprint density at radius 3 is 2.64 bits per heavy atom. The van der Waals surface area contributed by atoms with Crippen LogP contribution in [0.4, 0.5) is 0 Å². The standard InChI is InChI=1S/C9H17NO/c1-5-6-7-9(10-3)8(2)11-4/h1,8-10H,6-7H2,2-4H3. The second-order valence-electron chi connectivity index (χ2n) is 2.58. The van der Waals surface area contributed by atoms with E-state index in [1.54, 1.807) is 7.11 Å². The van der Waals surface area contributed by atoms with Crippen molar-refractivity contribution in [2.24, 2.45) is 0 Å². The molecule has 2 heteroatoms. The molecule has 0 aliphatic carbocycles. The number of terminal acetylenes is 1. The first-order valence-electron chi connectivity index (χ1n) is 3.89. The van der Waals surface area contributed by atoms with Crippen molar-refractivity contribution < 1.29 is 4.74 Å². The molecule has 0 bridgehead atoms. The fourth-order valence-electron chi connectivity index (χ4n) is 1.02. The number of hydrogen-bond donors (Lipinski definition) is 1. The second-order valence-corrected chi connectivity index (χ2v) is 2.58. The predicted molar refractivity (Wildman–Crippen MR) is 47.4 cm³/mol. The van der Waals surface area contributed by atoms with Gasteiger partial charge in [0.1, 0.15) is 0 Å². The van der Waals surface area contributed by atoms with Gasteiger partial charge in [0.2, 0.25) is 0 Å². The molecule has 0 heterocycles. The molecule has 0 aromatic heterocycles. The first-order chi connectivity index (χ1) is 5.26. The lowest BCUT2D eigenvalue weighted by atomic mass is 10.1. The van der Waals surface area contributed by atoms with Crippen LogP contribution in [0.25, 0.3) is 0 Å². The highest BCUT2D eigenvalue weighted by atomic mass is 16.5. The number of rotatable bonds is 5. The highest BCUT2D eigenvalue weighted by Crippen LogP contribution is 2.03. The molecule has 64 valence electrons. The molecule has 1 N–H and O–H groups in total. The molecular formula is C9H17NO. The third-order valence-corrected chi connectivity index (χ3v) is 1.91. The average molecular weight is 155 g/mol. The minimum Gasteiger partial charge on any atom is -0.380 e. The van der Waals surface area contributed by atoms with E-state index in [2.05, 4.69) is 11.2 Å². The molecule has 2 nitrogen and oxygen atoms in total. The van der Waals surface area contributed by atoms with Crippen molar-refractivity contribution in [2.45, 2.75) is 31.9 Å². The van der Waals surface area contributed by atoms with Crippen LogP contribution < -0.4 is 5.32 Å². The maximum atomic E-state index is 5.17. The first kappa shape index (κ1) is 10.5. The van der Waals surface area contributed by atoms with Gasteiger partial charge in [-0.3, -0.25) is 0 Å². The molecule has 0 aromatic rings. The molecule has 0 spiro atoms. The van der Waals surface area contributed by atoms with Gasteiger partial charge in [-0.2, -0.15) is 0 Å². The van der Waals surface area contributed by atoms with Crippen LogP contribution >= 0.6 is 0 Å². The lowest BCUT2D eigenvalue weighted by molar-refractivity contribution is 0.0833. The summed E-state index contributed by atoms with van der Waals surface area (Å²) in [5.74, 6) is 2.62. The lowest BCUT2D eigenvalue weighted by Crippen LogP contribution is -2.36. The zero-order valence-electron chi connectivity index (χ0n) is 7.55. The van der Waals surface area contributed by atoms with E-state index in [9.17, 15) is 0 Å². The molecule has 11 heavy (non-hydrogen) atoms. The molecule has 2 atom stereocenters. The van der Waals surface area contributed by atoms with Crippen molar-refractivity contribution in [2.75, 3.05) is 14.2 Å². The third-order valence-electron chi connectivity index (χ3n) is 1.91. The first-order valence-corrected chi connectivity index (χ1v) is 3.89. The Hall–Kier alpha value is -0.520. The van der Waals surface area contributed by atoms with Gasteiger partial charge in [-0.1, -0.05) is 0 Å². The van der Waals surface area contributed by atoms with Crippen molar-refractivity contribution in [3.8, 4) is 12.3 Å². The van der Waals surface area contributed by atoms with Crippen molar-refractivity contribution in [3.63, 3.8) is 0 Å². The Balaban J connectivity index is 3.67. The smallest absolute Gasteiger partial charge is 0.0696 e. The summed E-state index contributed by atoms with van der Waals surface area (Å²) < 4.78 is 5.17. The summed E-state index contributed by atoms with van der Waals surface area (Å²) in [5, 5.41) is 3.17. The Bertz CT molecular complexity index is 128. The van der Waals surface area contributed by atoms with Gasteiger partial charge in [0.05, 0.1) is 6.10 Å². The van der Waals surface area contributed by atoms with Crippen molar-refractivity contribution >= 4 is 0 Å². The van der Waals surface area contributed by atoms with E-state index in [1.165, 1.54) is 0 Å². The topological polar surface area (TPSA) is 21.3 Å². The van der Waals surface area contributed by atoms with Crippen LogP contribution in [0.15, 0.2) is 0 Å². The minimum absolute atomic E-state index is 0.230. The molecule has 0 amide bonds. The summed E-state index contributed by atoms with van der Waals surface area (Å²) in [5.41, 5.74) is 0. The fraction of sp³-hybridized carbons (Fsp3) is 0.778. The number of likely N-dealkylation sites (N-methyl/N-ethyl adjacent to an activating group) is 1. The van der Waals surface area contributed by atoms with Crippen LogP contribution in [0.3, 0.4) is 0 Å². The van der Waals surface area contributed by atoms with Crippen LogP contribution in [0, 0.1) is 12.3 Å². The molecule has 0 radical (unpaired) electrons. The summed E-state index contributed by atoms with van der Waals surface area (Å²) in [6.45, 7) is 2.04. The van der Waals surface area contributed by atoms with E-state index in [1.807, 2.05) is 14.0 Å². The molecule has 0 fully saturated rings. The molecule has 0 aliphatic heterocycles. The van der Waals surface area contributed by atoms with Gasteiger partial charge in [-0.15, -0.1) is 12.3 Å². The molecule has 0 rings (SSSR count). The zero-order valence-corrected chi connectivity index (χ0v) is 7.55. The van der Waals surface area contributed by atoms with Gasteiger partial charge in [0, 0.05) is 19.6 Å². The molecule has 0 aliphatic rings. The van der Waals surface area contributed by atoms with Gasteiger partial charge >= 0.3 is 0 Å². The SMILES string of the molecule is C#CCCC(NC)C(C)OC. The molecule has 0 saturated carbocycles. The number of nitrogens with one attached hydrogen (secondary N) is 1. The Morgan fingerprint density at radius 1 is 1.64 bits per heavy atom. The van der Waals surface area contributed by atoms with Crippen molar-refractivity contribution in [1.82, 2.24) is 5.32 Å². The molecule has 0 saturated heterocycles. The second kappa shape index (κ2) is 6.21. The van der Waals surface area contributed by atoms with Crippen LogP contribution in [0.1, 0.15) is 19.8 Å². The normalized spacial score (nSPS) is 15.5. The van der Waals surface area contributed by atoms with Crippen molar-refractivity contribution in [3.05, 3.63) is 0 Å². The Kier molecular flexibility index (Phi) is 5.91. The quantitative estimate of drug-likeness (QED) is 0.599. The largest absolute Gasteiger partial charge is 0.380 e. The van der Waals surface area contributed by atoms with Crippen LogP contribution in [-0.2, 0) is 4.74 Å². The van der Waals surface area contributed by atoms with E-state index in [-0.39, 0.29) is 6.10 Å². The molecular weight excluding hydrogens is 138 g/mol. The Morgan fingerprint density at radius 2 is 2.27 bits per heavy atom. The predicted octanol–water partition coefficient (Wildman–Crippen LogP) is 1.02. The average Bonchev–Trinajstić information content (AvgIpc) is 2.05. The van der Waals surface area contributed by atoms with E-state index >= 15 is 0 Å². The van der Waals surface area contributed by atoms with Gasteiger partial charge in [-0.25, -0.2) is 0 Å². The van der Waals surface area contributed by atoms with Gasteiger partial charge in [0.25, 0.3) is 0 Å².